The summed E-state index contributed by atoms with van der Waals surface area (Å²) in [5.41, 5.74) is -0.00891. The van der Waals surface area contributed by atoms with E-state index in [0.717, 1.165) is 13.1 Å². The van der Waals surface area contributed by atoms with Crippen LogP contribution in [0, 0.1) is 0 Å². The summed E-state index contributed by atoms with van der Waals surface area (Å²) in [6.07, 6.45) is 8.51. The average Bonchev–Trinajstić information content (AvgIpc) is 2.43. The van der Waals surface area contributed by atoms with Gasteiger partial charge in [0.25, 0.3) is 0 Å². The molecule has 2 heteroatoms. The van der Waals surface area contributed by atoms with Crippen LogP contribution in [0.3, 0.4) is 0 Å². The molecule has 1 saturated carbocycles. The highest BCUT2D eigenvalue weighted by molar-refractivity contribution is 4.75. The molecule has 1 fully saturated rings. The Labute approximate surface area is 94.8 Å². The summed E-state index contributed by atoms with van der Waals surface area (Å²) < 4.78 is 6.20. The van der Waals surface area contributed by atoms with Crippen molar-refractivity contribution in [1.82, 2.24) is 5.32 Å². The molecule has 1 rings (SSSR count). The molecule has 0 saturated heterocycles. The minimum Gasteiger partial charge on any atom is -0.371 e. The van der Waals surface area contributed by atoms with Crippen LogP contribution in [0.4, 0.5) is 0 Å². The van der Waals surface area contributed by atoms with Crippen molar-refractivity contribution in [2.24, 2.45) is 0 Å². The Morgan fingerprint density at radius 1 is 1.13 bits per heavy atom. The molecule has 15 heavy (non-hydrogen) atoms. The van der Waals surface area contributed by atoms with Gasteiger partial charge >= 0.3 is 0 Å². The zero-order valence-corrected chi connectivity index (χ0v) is 10.6. The molecule has 0 bridgehead atoms. The van der Waals surface area contributed by atoms with E-state index in [4.69, 9.17) is 4.74 Å². The first-order chi connectivity index (χ1) is 7.14. The molecule has 0 atom stereocenters. The van der Waals surface area contributed by atoms with E-state index in [1.807, 2.05) is 0 Å². The molecule has 0 spiro atoms. The van der Waals surface area contributed by atoms with E-state index in [0.29, 0.717) is 6.10 Å². The third-order valence-corrected chi connectivity index (χ3v) is 3.09. The highest BCUT2D eigenvalue weighted by atomic mass is 16.5. The van der Waals surface area contributed by atoms with E-state index in [1.54, 1.807) is 0 Å². The lowest BCUT2D eigenvalue weighted by Gasteiger charge is -2.30. The first-order valence-corrected chi connectivity index (χ1v) is 6.52. The molecule has 0 aromatic carbocycles. The van der Waals surface area contributed by atoms with E-state index in [9.17, 15) is 0 Å². The zero-order valence-electron chi connectivity index (χ0n) is 10.6. The fourth-order valence-corrected chi connectivity index (χ4v) is 2.28. The molecule has 0 unspecified atom stereocenters. The third kappa shape index (κ3) is 5.53. The van der Waals surface area contributed by atoms with Gasteiger partial charge in [-0.1, -0.05) is 32.6 Å². The van der Waals surface area contributed by atoms with E-state index in [2.05, 4.69) is 26.1 Å². The summed E-state index contributed by atoms with van der Waals surface area (Å²) in [6, 6.07) is 0. The van der Waals surface area contributed by atoms with Crippen molar-refractivity contribution >= 4 is 0 Å². The van der Waals surface area contributed by atoms with Gasteiger partial charge in [-0.15, -0.1) is 0 Å². The van der Waals surface area contributed by atoms with Gasteiger partial charge in [-0.2, -0.15) is 0 Å². The smallest absolute Gasteiger partial charge is 0.0754 e. The quantitative estimate of drug-likeness (QED) is 0.709. The van der Waals surface area contributed by atoms with Crippen LogP contribution in [-0.2, 0) is 4.74 Å². The predicted octanol–water partition coefficient (Wildman–Crippen LogP) is 3.11. The maximum atomic E-state index is 6.20. The maximum absolute atomic E-state index is 6.20. The Hall–Kier alpha value is -0.0800. The molecular formula is C13H27NO. The van der Waals surface area contributed by atoms with Crippen LogP contribution in [0.2, 0.25) is 0 Å². The third-order valence-electron chi connectivity index (χ3n) is 3.09. The molecule has 0 aromatic rings. The largest absolute Gasteiger partial charge is 0.371 e. The van der Waals surface area contributed by atoms with E-state index in [-0.39, 0.29) is 5.60 Å². The second-order valence-corrected chi connectivity index (χ2v) is 5.27. The van der Waals surface area contributed by atoms with Crippen LogP contribution in [0.15, 0.2) is 0 Å². The van der Waals surface area contributed by atoms with Crippen LogP contribution in [0.5, 0.6) is 0 Å². The summed E-state index contributed by atoms with van der Waals surface area (Å²) >= 11 is 0. The van der Waals surface area contributed by atoms with Crippen molar-refractivity contribution in [1.29, 1.82) is 0 Å². The molecule has 1 aliphatic carbocycles. The number of rotatable bonds is 5. The van der Waals surface area contributed by atoms with Gasteiger partial charge in [0.05, 0.1) is 11.7 Å². The first-order valence-electron chi connectivity index (χ1n) is 6.52. The topological polar surface area (TPSA) is 21.3 Å². The van der Waals surface area contributed by atoms with Crippen LogP contribution in [-0.4, -0.2) is 24.8 Å². The highest BCUT2D eigenvalue weighted by Gasteiger charge is 2.23. The molecule has 90 valence electrons. The second-order valence-electron chi connectivity index (χ2n) is 5.27. The van der Waals surface area contributed by atoms with Crippen molar-refractivity contribution in [2.45, 2.75) is 71.0 Å². The number of likely N-dealkylation sites (N-methyl/N-ethyl adjacent to an activating group) is 1. The van der Waals surface area contributed by atoms with Crippen molar-refractivity contribution in [3.05, 3.63) is 0 Å². The average molecular weight is 213 g/mol. The number of hydrogen-bond acceptors (Lipinski definition) is 2. The lowest BCUT2D eigenvalue weighted by atomic mass is 10.1. The maximum Gasteiger partial charge on any atom is 0.0754 e. The molecule has 1 N–H and O–H groups in total. The summed E-state index contributed by atoms with van der Waals surface area (Å²) in [4.78, 5) is 0. The van der Waals surface area contributed by atoms with Gasteiger partial charge < -0.3 is 10.1 Å². The van der Waals surface area contributed by atoms with E-state index >= 15 is 0 Å². The summed E-state index contributed by atoms with van der Waals surface area (Å²) in [6.45, 7) is 8.51. The van der Waals surface area contributed by atoms with Gasteiger partial charge in [0, 0.05) is 6.54 Å². The summed E-state index contributed by atoms with van der Waals surface area (Å²) in [5.74, 6) is 0. The Balaban J connectivity index is 2.30. The second kappa shape index (κ2) is 6.49. The molecule has 2 nitrogen and oxygen atoms in total. The molecule has 0 aromatic heterocycles. The molecule has 0 amide bonds. The van der Waals surface area contributed by atoms with Crippen LogP contribution in [0.1, 0.15) is 59.3 Å². The normalized spacial score (nSPS) is 20.2. The number of nitrogens with one attached hydrogen (secondary N) is 1. The standard InChI is InChI=1S/C13H27NO/c1-4-14-11-13(2,3)15-12-9-7-5-6-8-10-12/h12,14H,4-11H2,1-3H3. The van der Waals surface area contributed by atoms with Crippen molar-refractivity contribution in [2.75, 3.05) is 13.1 Å². The van der Waals surface area contributed by atoms with Crippen molar-refractivity contribution in [3.63, 3.8) is 0 Å². The van der Waals surface area contributed by atoms with Gasteiger partial charge in [-0.25, -0.2) is 0 Å². The van der Waals surface area contributed by atoms with Gasteiger partial charge in [-0.05, 0) is 33.2 Å². The van der Waals surface area contributed by atoms with Crippen LogP contribution < -0.4 is 5.32 Å². The Morgan fingerprint density at radius 2 is 1.73 bits per heavy atom. The summed E-state index contributed by atoms with van der Waals surface area (Å²) in [7, 11) is 0. The van der Waals surface area contributed by atoms with Gasteiger partial charge in [0.2, 0.25) is 0 Å². The van der Waals surface area contributed by atoms with Crippen LogP contribution in [0.25, 0.3) is 0 Å². The lowest BCUT2D eigenvalue weighted by molar-refractivity contribution is -0.0747. The Morgan fingerprint density at radius 3 is 2.27 bits per heavy atom. The molecular weight excluding hydrogens is 186 g/mol. The Kier molecular flexibility index (Phi) is 5.62. The SMILES string of the molecule is CCNCC(C)(C)OC1CCCCCC1. The molecule has 0 radical (unpaired) electrons. The molecule has 1 aliphatic rings. The molecule has 0 aliphatic heterocycles. The monoisotopic (exact) mass is 213 g/mol. The zero-order chi connectivity index (χ0) is 11.1. The van der Waals surface area contributed by atoms with E-state index < -0.39 is 0 Å². The van der Waals surface area contributed by atoms with Gasteiger partial charge in [-0.3, -0.25) is 0 Å². The van der Waals surface area contributed by atoms with E-state index in [1.165, 1.54) is 38.5 Å². The van der Waals surface area contributed by atoms with Crippen molar-refractivity contribution < 1.29 is 4.74 Å². The molecule has 0 heterocycles. The Bertz CT molecular complexity index is 160. The fourth-order valence-electron chi connectivity index (χ4n) is 2.28. The minimum absolute atomic E-state index is 0.00891. The highest BCUT2D eigenvalue weighted by Crippen LogP contribution is 2.23. The first kappa shape index (κ1) is 13.0. The minimum atomic E-state index is -0.00891. The number of hydrogen-bond donors (Lipinski definition) is 1. The van der Waals surface area contributed by atoms with Gasteiger partial charge in [0.15, 0.2) is 0 Å². The summed E-state index contributed by atoms with van der Waals surface area (Å²) in [5, 5.41) is 3.37. The predicted molar refractivity (Wildman–Crippen MR) is 65.2 cm³/mol. The van der Waals surface area contributed by atoms with Crippen LogP contribution >= 0.6 is 0 Å². The lowest BCUT2D eigenvalue weighted by Crippen LogP contribution is -2.40. The van der Waals surface area contributed by atoms with Gasteiger partial charge in [0.1, 0.15) is 0 Å². The fraction of sp³-hybridized carbons (Fsp3) is 1.00. The number of ether oxygens (including phenoxy) is 1. The van der Waals surface area contributed by atoms with Crippen molar-refractivity contribution in [3.8, 4) is 0 Å².